The van der Waals surface area contributed by atoms with E-state index in [0.29, 0.717) is 29.5 Å². The molecule has 4 aromatic rings. The van der Waals surface area contributed by atoms with Gasteiger partial charge in [0, 0.05) is 16.5 Å². The van der Waals surface area contributed by atoms with Gasteiger partial charge in [-0.3, -0.25) is 9.32 Å². The number of carbonyl (C=O) groups excluding carboxylic acids is 1. The van der Waals surface area contributed by atoms with E-state index >= 15 is 0 Å². The lowest BCUT2D eigenvalue weighted by Crippen LogP contribution is -2.37. The van der Waals surface area contributed by atoms with Crippen LogP contribution in [0, 0.1) is 0 Å². The molecule has 0 amide bonds. The van der Waals surface area contributed by atoms with Crippen LogP contribution in [0.1, 0.15) is 40.4 Å². The minimum Gasteiger partial charge on any atom is -0.462 e. The number of hydrogen-bond acceptors (Lipinski definition) is 9. The first-order valence-corrected chi connectivity index (χ1v) is 15.7. The van der Waals surface area contributed by atoms with E-state index in [9.17, 15) is 9.36 Å². The second-order valence-electron chi connectivity index (χ2n) is 9.78. The first kappa shape index (κ1) is 30.9. The Hall–Kier alpha value is -3.02. The number of nitrogens with zero attached hydrogens (tertiary/aromatic N) is 3. The van der Waals surface area contributed by atoms with Crippen molar-refractivity contribution >= 4 is 57.4 Å². The SMILES string of the molecule is CCOCc1nc2c(N)nc3ccccc3c2n1C[C@H](C)O[P@@](=O)(N[C@@H](C)C(=O)OC(C)C)Oc1ccc(Br)cc1. The lowest BCUT2D eigenvalue weighted by molar-refractivity contribution is -0.149. The molecule has 13 heteroatoms. The predicted molar refractivity (Wildman–Crippen MR) is 162 cm³/mol. The van der Waals surface area contributed by atoms with Gasteiger partial charge >= 0.3 is 13.7 Å². The fourth-order valence-electron chi connectivity index (χ4n) is 4.27. The molecule has 0 aliphatic rings. The van der Waals surface area contributed by atoms with Crippen LogP contribution in [0.2, 0.25) is 0 Å². The van der Waals surface area contributed by atoms with E-state index in [1.165, 1.54) is 0 Å². The van der Waals surface area contributed by atoms with Crippen molar-refractivity contribution in [1.82, 2.24) is 19.6 Å². The highest BCUT2D eigenvalue weighted by atomic mass is 79.9. The fourth-order valence-corrected chi connectivity index (χ4v) is 6.21. The van der Waals surface area contributed by atoms with Gasteiger partial charge in [0.25, 0.3) is 0 Å². The van der Waals surface area contributed by atoms with Crippen molar-refractivity contribution in [2.45, 2.75) is 66.0 Å². The third kappa shape index (κ3) is 7.64. The second kappa shape index (κ2) is 13.3. The molecule has 11 nitrogen and oxygen atoms in total. The van der Waals surface area contributed by atoms with Crippen molar-refractivity contribution in [3.8, 4) is 5.75 Å². The molecule has 0 aliphatic carbocycles. The van der Waals surface area contributed by atoms with Crippen LogP contribution >= 0.6 is 23.7 Å². The number of rotatable bonds is 13. The largest absolute Gasteiger partial charge is 0.462 e. The quantitative estimate of drug-likeness (QED) is 0.131. The van der Waals surface area contributed by atoms with Crippen LogP contribution < -0.4 is 15.3 Å². The van der Waals surface area contributed by atoms with Crippen LogP contribution in [-0.2, 0) is 36.5 Å². The number of esters is 1. The Morgan fingerprint density at radius 2 is 1.80 bits per heavy atom. The number of carbonyl (C=O) groups is 1. The molecule has 3 N–H and O–H groups in total. The van der Waals surface area contributed by atoms with E-state index in [2.05, 4.69) is 26.0 Å². The highest BCUT2D eigenvalue weighted by Crippen LogP contribution is 2.46. The summed E-state index contributed by atoms with van der Waals surface area (Å²) in [6.45, 7) is 9.64. The summed E-state index contributed by atoms with van der Waals surface area (Å²) in [6, 6.07) is 13.5. The van der Waals surface area contributed by atoms with Crippen molar-refractivity contribution in [2.24, 2.45) is 0 Å². The minimum atomic E-state index is -4.11. The third-order valence-electron chi connectivity index (χ3n) is 5.98. The number of pyridine rings is 1. The zero-order valence-electron chi connectivity index (χ0n) is 23.7. The number of imidazole rings is 1. The zero-order chi connectivity index (χ0) is 29.7. The molecule has 0 fully saturated rings. The number of nitrogens with two attached hydrogens (primary N) is 1. The van der Waals surface area contributed by atoms with Gasteiger partial charge in [0.2, 0.25) is 0 Å². The predicted octanol–water partition coefficient (Wildman–Crippen LogP) is 5.99. The lowest BCUT2D eigenvalue weighted by Gasteiger charge is -2.26. The van der Waals surface area contributed by atoms with Crippen molar-refractivity contribution < 1.29 is 27.9 Å². The molecule has 0 radical (unpaired) electrons. The molecule has 220 valence electrons. The van der Waals surface area contributed by atoms with Gasteiger partial charge in [0.1, 0.15) is 29.7 Å². The molecule has 0 unspecified atom stereocenters. The number of anilines is 1. The third-order valence-corrected chi connectivity index (χ3v) is 8.30. The normalized spacial score (nSPS) is 14.7. The summed E-state index contributed by atoms with van der Waals surface area (Å²) < 4.78 is 39.8. The van der Waals surface area contributed by atoms with Gasteiger partial charge in [-0.05, 0) is 65.0 Å². The molecule has 2 aromatic heterocycles. The average Bonchev–Trinajstić information content (AvgIpc) is 3.26. The zero-order valence-corrected chi connectivity index (χ0v) is 26.1. The monoisotopic (exact) mass is 647 g/mol. The molecule has 0 bridgehead atoms. The maximum Gasteiger partial charge on any atom is 0.459 e. The van der Waals surface area contributed by atoms with E-state index < -0.39 is 25.9 Å². The number of nitrogens with one attached hydrogen (secondary N) is 1. The molecular weight excluding hydrogens is 613 g/mol. The smallest absolute Gasteiger partial charge is 0.459 e. The van der Waals surface area contributed by atoms with Crippen molar-refractivity contribution in [1.29, 1.82) is 0 Å². The van der Waals surface area contributed by atoms with E-state index in [1.54, 1.807) is 52.0 Å². The molecule has 0 saturated heterocycles. The first-order chi connectivity index (χ1) is 19.5. The maximum absolute atomic E-state index is 14.1. The van der Waals surface area contributed by atoms with Gasteiger partial charge in [-0.2, -0.15) is 5.09 Å². The highest BCUT2D eigenvalue weighted by Gasteiger charge is 2.35. The molecule has 0 aliphatic heterocycles. The summed E-state index contributed by atoms with van der Waals surface area (Å²) >= 11 is 3.38. The molecular formula is C28H35BrN5O6P. The number of aromatic nitrogens is 3. The summed E-state index contributed by atoms with van der Waals surface area (Å²) in [5.74, 6) is 0.639. The number of fused-ring (bicyclic) bond motifs is 3. The van der Waals surface area contributed by atoms with E-state index in [1.807, 2.05) is 35.8 Å². The average molecular weight is 648 g/mol. The Balaban J connectivity index is 1.68. The lowest BCUT2D eigenvalue weighted by atomic mass is 10.2. The van der Waals surface area contributed by atoms with E-state index in [4.69, 9.17) is 29.2 Å². The first-order valence-electron chi connectivity index (χ1n) is 13.3. The van der Waals surface area contributed by atoms with Gasteiger partial charge in [-0.15, -0.1) is 0 Å². The summed E-state index contributed by atoms with van der Waals surface area (Å²) in [6.07, 6.45) is -1.02. The van der Waals surface area contributed by atoms with Crippen LogP contribution in [0.25, 0.3) is 21.9 Å². The topological polar surface area (TPSA) is 140 Å². The van der Waals surface area contributed by atoms with Gasteiger partial charge < -0.3 is 24.3 Å². The van der Waals surface area contributed by atoms with Crippen molar-refractivity contribution in [3.63, 3.8) is 0 Å². The van der Waals surface area contributed by atoms with Gasteiger partial charge in [0.05, 0.1) is 29.8 Å². The second-order valence-corrected chi connectivity index (χ2v) is 12.3. The van der Waals surface area contributed by atoms with Crippen LogP contribution in [0.5, 0.6) is 5.75 Å². The molecule has 2 heterocycles. The number of para-hydroxylation sites is 1. The molecule has 0 spiro atoms. The maximum atomic E-state index is 14.1. The van der Waals surface area contributed by atoms with Crippen LogP contribution in [0.3, 0.4) is 0 Å². The van der Waals surface area contributed by atoms with Crippen molar-refractivity contribution in [3.05, 3.63) is 58.8 Å². The number of hydrogen-bond donors (Lipinski definition) is 2. The summed E-state index contributed by atoms with van der Waals surface area (Å²) in [5, 5.41) is 3.60. The standard InChI is InChI=1S/C28H35BrN5O6P/c1-6-37-16-24-32-25-26(22-9-7-8-10-23(22)31-27(25)30)34(24)15-18(4)39-41(36,33-19(5)28(35)38-17(2)3)40-21-13-11-20(29)12-14-21/h7-14,17-19H,6,15-16H2,1-5H3,(H2,30,31)(H,33,36)/t18-,19-,41-/m0/s1. The molecule has 0 saturated carbocycles. The minimum absolute atomic E-state index is 0.229. The highest BCUT2D eigenvalue weighted by molar-refractivity contribution is 9.10. The van der Waals surface area contributed by atoms with Crippen molar-refractivity contribution in [2.75, 3.05) is 12.3 Å². The number of halogens is 1. The summed E-state index contributed by atoms with van der Waals surface area (Å²) in [7, 11) is -4.11. The number of ether oxygens (including phenoxy) is 2. The summed E-state index contributed by atoms with van der Waals surface area (Å²) in [4.78, 5) is 21.8. The van der Waals surface area contributed by atoms with Gasteiger partial charge in [-0.25, -0.2) is 14.5 Å². The Morgan fingerprint density at radius 1 is 1.10 bits per heavy atom. The number of nitrogen functional groups attached to an aromatic ring is 1. The van der Waals surface area contributed by atoms with Gasteiger partial charge in [0.15, 0.2) is 5.82 Å². The Morgan fingerprint density at radius 3 is 2.49 bits per heavy atom. The molecule has 2 aromatic carbocycles. The van der Waals surface area contributed by atoms with Crippen LogP contribution in [0.15, 0.2) is 53.0 Å². The fraction of sp³-hybridized carbons (Fsp3) is 0.393. The molecule has 4 rings (SSSR count). The Labute approximate surface area is 247 Å². The summed E-state index contributed by atoms with van der Waals surface area (Å²) in [5.41, 5.74) is 8.33. The molecule has 41 heavy (non-hydrogen) atoms. The Kier molecular flexibility index (Phi) is 10.0. The Bertz CT molecular complexity index is 1560. The van der Waals surface area contributed by atoms with Gasteiger partial charge in [-0.1, -0.05) is 34.1 Å². The van der Waals surface area contributed by atoms with E-state index in [0.717, 1.165) is 20.9 Å². The van der Waals surface area contributed by atoms with Crippen LogP contribution in [-0.4, -0.2) is 45.4 Å². The number of benzene rings is 2. The van der Waals surface area contributed by atoms with E-state index in [-0.39, 0.29) is 19.3 Å². The van der Waals surface area contributed by atoms with Crippen LogP contribution in [0.4, 0.5) is 5.82 Å². The molecule has 3 atom stereocenters.